The van der Waals surface area contributed by atoms with E-state index >= 15 is 0 Å². The summed E-state index contributed by atoms with van der Waals surface area (Å²) < 4.78 is 13.4. The van der Waals surface area contributed by atoms with Crippen molar-refractivity contribution in [3.63, 3.8) is 0 Å². The number of hydrogen-bond acceptors (Lipinski definition) is 2. The van der Waals surface area contributed by atoms with Crippen LogP contribution in [0.4, 0.5) is 4.39 Å². The molecule has 2 rings (SSSR count). The molecule has 19 heavy (non-hydrogen) atoms. The highest BCUT2D eigenvalue weighted by Crippen LogP contribution is 2.22. The van der Waals surface area contributed by atoms with E-state index in [1.807, 2.05) is 0 Å². The lowest BCUT2D eigenvalue weighted by Gasteiger charge is -2.32. The van der Waals surface area contributed by atoms with E-state index in [2.05, 4.69) is 0 Å². The lowest BCUT2D eigenvalue weighted by atomic mass is 9.94. The number of carbonyl (C=O) groups is 1. The molecule has 1 aliphatic heterocycles. The van der Waals surface area contributed by atoms with Gasteiger partial charge in [0.25, 0.3) is 5.91 Å². The van der Waals surface area contributed by atoms with E-state index in [-0.39, 0.29) is 10.9 Å². The Morgan fingerprint density at radius 2 is 2.32 bits per heavy atom. The Labute approximate surface area is 117 Å². The molecular formula is C14H18ClFN2O. The van der Waals surface area contributed by atoms with Gasteiger partial charge in [0.1, 0.15) is 5.82 Å². The number of likely N-dealkylation sites (tertiary alicyclic amines) is 1. The average Bonchev–Trinajstić information content (AvgIpc) is 2.42. The van der Waals surface area contributed by atoms with Gasteiger partial charge in [-0.05, 0) is 49.9 Å². The Hall–Kier alpha value is -1.13. The van der Waals surface area contributed by atoms with Crippen LogP contribution in [0.15, 0.2) is 18.2 Å². The van der Waals surface area contributed by atoms with Gasteiger partial charge in [-0.2, -0.15) is 0 Å². The zero-order chi connectivity index (χ0) is 13.8. The van der Waals surface area contributed by atoms with Gasteiger partial charge < -0.3 is 10.6 Å². The number of hydrogen-bond donors (Lipinski definition) is 1. The molecule has 0 bridgehead atoms. The largest absolute Gasteiger partial charge is 0.338 e. The van der Waals surface area contributed by atoms with Crippen molar-refractivity contribution in [3.05, 3.63) is 34.6 Å². The third kappa shape index (κ3) is 3.45. The highest BCUT2D eigenvalue weighted by atomic mass is 35.5. The normalized spacial score (nSPS) is 19.5. The molecule has 1 saturated heterocycles. The second kappa shape index (κ2) is 6.35. The second-order valence-electron chi connectivity index (χ2n) is 4.97. The average molecular weight is 285 g/mol. The van der Waals surface area contributed by atoms with Crippen LogP contribution in [0.1, 0.15) is 29.6 Å². The highest BCUT2D eigenvalue weighted by Gasteiger charge is 2.24. The first-order valence-electron chi connectivity index (χ1n) is 6.56. The fourth-order valence-corrected chi connectivity index (χ4v) is 2.65. The molecule has 1 aliphatic rings. The maximum atomic E-state index is 13.4. The molecule has 1 aromatic carbocycles. The van der Waals surface area contributed by atoms with Crippen LogP contribution >= 0.6 is 11.6 Å². The van der Waals surface area contributed by atoms with E-state index in [1.165, 1.54) is 12.1 Å². The quantitative estimate of drug-likeness (QED) is 0.927. The summed E-state index contributed by atoms with van der Waals surface area (Å²) in [5, 5.41) is 0.0382. The minimum atomic E-state index is -0.553. The van der Waals surface area contributed by atoms with Crippen molar-refractivity contribution in [1.29, 1.82) is 0 Å². The van der Waals surface area contributed by atoms with Crippen molar-refractivity contribution < 1.29 is 9.18 Å². The summed E-state index contributed by atoms with van der Waals surface area (Å²) in [6.45, 7) is 2.08. The van der Waals surface area contributed by atoms with Gasteiger partial charge in [0.05, 0.1) is 5.02 Å². The van der Waals surface area contributed by atoms with E-state index in [9.17, 15) is 9.18 Å². The van der Waals surface area contributed by atoms with Crippen LogP contribution in [0, 0.1) is 11.7 Å². The summed E-state index contributed by atoms with van der Waals surface area (Å²) in [4.78, 5) is 14.1. The van der Waals surface area contributed by atoms with Crippen molar-refractivity contribution in [1.82, 2.24) is 4.90 Å². The third-order valence-electron chi connectivity index (χ3n) is 3.55. The molecule has 1 unspecified atom stereocenters. The SMILES string of the molecule is NCCC1CCCN(C(=O)c2ccc(Cl)c(F)c2)C1. The predicted octanol–water partition coefficient (Wildman–Crippen LogP) is 2.68. The summed E-state index contributed by atoms with van der Waals surface area (Å²) >= 11 is 5.62. The van der Waals surface area contributed by atoms with E-state index in [0.29, 0.717) is 24.6 Å². The number of piperidine rings is 1. The maximum Gasteiger partial charge on any atom is 0.253 e. The van der Waals surface area contributed by atoms with Crippen LogP contribution in [0.2, 0.25) is 5.02 Å². The first-order valence-corrected chi connectivity index (χ1v) is 6.94. The summed E-state index contributed by atoms with van der Waals surface area (Å²) in [6.07, 6.45) is 3.02. The van der Waals surface area contributed by atoms with Crippen LogP contribution in [0.5, 0.6) is 0 Å². The molecule has 3 nitrogen and oxygen atoms in total. The Morgan fingerprint density at radius 3 is 3.00 bits per heavy atom. The Balaban J connectivity index is 2.08. The van der Waals surface area contributed by atoms with E-state index in [4.69, 9.17) is 17.3 Å². The lowest BCUT2D eigenvalue weighted by molar-refractivity contribution is 0.0669. The Bertz CT molecular complexity index is 465. The molecule has 2 N–H and O–H groups in total. The van der Waals surface area contributed by atoms with Crippen LogP contribution in [-0.2, 0) is 0 Å². The molecule has 5 heteroatoms. The fraction of sp³-hybridized carbons (Fsp3) is 0.500. The zero-order valence-corrected chi connectivity index (χ0v) is 11.5. The number of nitrogens with two attached hydrogens (primary N) is 1. The second-order valence-corrected chi connectivity index (χ2v) is 5.37. The maximum absolute atomic E-state index is 13.4. The molecule has 1 amide bonds. The van der Waals surface area contributed by atoms with Crippen LogP contribution in [0.25, 0.3) is 0 Å². The van der Waals surface area contributed by atoms with Gasteiger partial charge in [-0.1, -0.05) is 11.6 Å². The number of carbonyl (C=O) groups excluding carboxylic acids is 1. The van der Waals surface area contributed by atoms with Gasteiger partial charge in [0.2, 0.25) is 0 Å². The van der Waals surface area contributed by atoms with Gasteiger partial charge in [-0.25, -0.2) is 4.39 Å². The zero-order valence-electron chi connectivity index (χ0n) is 10.7. The number of halogens is 2. The molecule has 1 atom stereocenters. The molecule has 1 heterocycles. The Morgan fingerprint density at radius 1 is 1.53 bits per heavy atom. The minimum absolute atomic E-state index is 0.0382. The standard InChI is InChI=1S/C14H18ClFN2O/c15-12-4-3-11(8-13(12)16)14(19)18-7-1-2-10(9-18)5-6-17/h3-4,8,10H,1-2,5-7,9,17H2. The monoisotopic (exact) mass is 284 g/mol. The molecule has 0 aliphatic carbocycles. The minimum Gasteiger partial charge on any atom is -0.338 e. The first kappa shape index (κ1) is 14.3. The van der Waals surface area contributed by atoms with E-state index in [1.54, 1.807) is 11.0 Å². The van der Waals surface area contributed by atoms with Crippen molar-refractivity contribution in [2.45, 2.75) is 19.3 Å². The van der Waals surface area contributed by atoms with Crippen molar-refractivity contribution in [3.8, 4) is 0 Å². The molecule has 104 valence electrons. The topological polar surface area (TPSA) is 46.3 Å². The summed E-state index contributed by atoms with van der Waals surface area (Å²) in [5.41, 5.74) is 5.92. The summed E-state index contributed by atoms with van der Waals surface area (Å²) in [7, 11) is 0. The number of rotatable bonds is 3. The van der Waals surface area contributed by atoms with Gasteiger partial charge in [0.15, 0.2) is 0 Å². The van der Waals surface area contributed by atoms with E-state index < -0.39 is 5.82 Å². The molecule has 0 spiro atoms. The third-order valence-corrected chi connectivity index (χ3v) is 3.85. The van der Waals surface area contributed by atoms with Crippen LogP contribution < -0.4 is 5.73 Å². The van der Waals surface area contributed by atoms with Gasteiger partial charge in [-0.3, -0.25) is 4.79 Å². The lowest BCUT2D eigenvalue weighted by Crippen LogP contribution is -2.40. The summed E-state index contributed by atoms with van der Waals surface area (Å²) in [5.74, 6) is -0.222. The molecule has 1 fully saturated rings. The molecular weight excluding hydrogens is 267 g/mol. The van der Waals surface area contributed by atoms with Crippen LogP contribution in [-0.4, -0.2) is 30.4 Å². The fourth-order valence-electron chi connectivity index (χ4n) is 2.53. The smallest absolute Gasteiger partial charge is 0.253 e. The van der Waals surface area contributed by atoms with Crippen molar-refractivity contribution in [2.75, 3.05) is 19.6 Å². The van der Waals surface area contributed by atoms with E-state index in [0.717, 1.165) is 25.8 Å². The van der Waals surface area contributed by atoms with Gasteiger partial charge in [-0.15, -0.1) is 0 Å². The number of benzene rings is 1. The Kier molecular flexibility index (Phi) is 4.77. The summed E-state index contributed by atoms with van der Waals surface area (Å²) in [6, 6.07) is 4.20. The first-order chi connectivity index (χ1) is 9.11. The van der Waals surface area contributed by atoms with Crippen molar-refractivity contribution >= 4 is 17.5 Å². The number of amides is 1. The van der Waals surface area contributed by atoms with Crippen molar-refractivity contribution in [2.24, 2.45) is 11.7 Å². The van der Waals surface area contributed by atoms with Crippen LogP contribution in [0.3, 0.4) is 0 Å². The van der Waals surface area contributed by atoms with Gasteiger partial charge >= 0.3 is 0 Å². The number of nitrogens with zero attached hydrogens (tertiary/aromatic N) is 1. The van der Waals surface area contributed by atoms with Gasteiger partial charge in [0, 0.05) is 18.7 Å². The molecule has 0 radical (unpaired) electrons. The predicted molar refractivity (Wildman–Crippen MR) is 73.7 cm³/mol. The molecule has 0 aromatic heterocycles. The molecule has 1 aromatic rings. The molecule has 0 saturated carbocycles. The highest BCUT2D eigenvalue weighted by molar-refractivity contribution is 6.30.